The topological polar surface area (TPSA) is 87.4 Å². The molecule has 2 amide bonds. The molecule has 0 fully saturated rings. The Kier molecular flexibility index (Phi) is 5.35. The van der Waals surface area contributed by atoms with E-state index in [-0.39, 0.29) is 12.6 Å². The first kappa shape index (κ1) is 15.5. The Bertz CT molecular complexity index is 431. The SMILES string of the molecule is CCc1onc(C)c1NC(=O)NC(C)(CC)CCO. The Morgan fingerprint density at radius 1 is 1.47 bits per heavy atom. The molecule has 0 aliphatic heterocycles. The average molecular weight is 269 g/mol. The molecule has 0 aliphatic rings. The molecule has 6 nitrogen and oxygen atoms in total. The second-order valence-corrected chi connectivity index (χ2v) is 4.89. The highest BCUT2D eigenvalue weighted by Crippen LogP contribution is 2.21. The van der Waals surface area contributed by atoms with Gasteiger partial charge in [-0.1, -0.05) is 19.0 Å². The lowest BCUT2D eigenvalue weighted by Gasteiger charge is -2.28. The van der Waals surface area contributed by atoms with Gasteiger partial charge in [0.05, 0.1) is 0 Å². The monoisotopic (exact) mass is 269 g/mol. The molecule has 19 heavy (non-hydrogen) atoms. The summed E-state index contributed by atoms with van der Waals surface area (Å²) >= 11 is 0. The largest absolute Gasteiger partial charge is 0.396 e. The van der Waals surface area contributed by atoms with Crippen LogP contribution in [-0.4, -0.2) is 28.4 Å². The Morgan fingerprint density at radius 2 is 2.16 bits per heavy atom. The summed E-state index contributed by atoms with van der Waals surface area (Å²) in [6.07, 6.45) is 1.92. The molecule has 1 unspecified atom stereocenters. The van der Waals surface area contributed by atoms with Gasteiger partial charge in [-0.2, -0.15) is 0 Å². The lowest BCUT2D eigenvalue weighted by molar-refractivity contribution is 0.208. The summed E-state index contributed by atoms with van der Waals surface area (Å²) in [5.41, 5.74) is 0.867. The van der Waals surface area contributed by atoms with E-state index in [0.29, 0.717) is 30.0 Å². The standard InChI is InChI=1S/C13H23N3O3/c1-5-10-11(9(3)16-19-10)14-12(18)15-13(4,6-2)7-8-17/h17H,5-8H2,1-4H3,(H2,14,15,18). The zero-order valence-corrected chi connectivity index (χ0v) is 12.0. The molecule has 0 bridgehead atoms. The quantitative estimate of drug-likeness (QED) is 0.739. The van der Waals surface area contributed by atoms with E-state index in [9.17, 15) is 4.79 Å². The molecule has 0 spiro atoms. The van der Waals surface area contributed by atoms with E-state index in [1.54, 1.807) is 6.92 Å². The summed E-state index contributed by atoms with van der Waals surface area (Å²) in [5.74, 6) is 0.660. The fourth-order valence-corrected chi connectivity index (χ4v) is 1.81. The number of carbonyl (C=O) groups is 1. The summed E-state index contributed by atoms with van der Waals surface area (Å²) < 4.78 is 5.12. The van der Waals surface area contributed by atoms with Crippen molar-refractivity contribution < 1.29 is 14.4 Å². The predicted octanol–water partition coefficient (Wildman–Crippen LogP) is 2.22. The predicted molar refractivity (Wildman–Crippen MR) is 73.2 cm³/mol. The molecule has 0 saturated heterocycles. The van der Waals surface area contributed by atoms with Gasteiger partial charge in [0.25, 0.3) is 0 Å². The average Bonchev–Trinajstić information content (AvgIpc) is 2.70. The Balaban J connectivity index is 2.72. The Hall–Kier alpha value is -1.56. The third-order valence-electron chi connectivity index (χ3n) is 3.35. The molecule has 0 aliphatic carbocycles. The minimum atomic E-state index is -0.420. The van der Waals surface area contributed by atoms with Gasteiger partial charge in [0, 0.05) is 18.6 Å². The van der Waals surface area contributed by atoms with Crippen molar-refractivity contribution in [1.82, 2.24) is 10.5 Å². The minimum absolute atomic E-state index is 0.0388. The van der Waals surface area contributed by atoms with Crippen molar-refractivity contribution in [2.45, 2.75) is 52.5 Å². The zero-order valence-electron chi connectivity index (χ0n) is 12.0. The second kappa shape index (κ2) is 6.56. The number of aromatic nitrogens is 1. The highest BCUT2D eigenvalue weighted by atomic mass is 16.5. The molecule has 1 rings (SSSR count). The Morgan fingerprint density at radius 3 is 2.68 bits per heavy atom. The van der Waals surface area contributed by atoms with Gasteiger partial charge in [-0.3, -0.25) is 0 Å². The fourth-order valence-electron chi connectivity index (χ4n) is 1.81. The number of nitrogens with one attached hydrogen (secondary N) is 2. The van der Waals surface area contributed by atoms with Crippen molar-refractivity contribution in [3.05, 3.63) is 11.5 Å². The molecule has 1 aromatic rings. The van der Waals surface area contributed by atoms with E-state index in [0.717, 1.165) is 6.42 Å². The van der Waals surface area contributed by atoms with Crippen LogP contribution in [0.4, 0.5) is 10.5 Å². The number of aryl methyl sites for hydroxylation is 2. The third-order valence-corrected chi connectivity index (χ3v) is 3.35. The normalized spacial score (nSPS) is 13.9. The zero-order chi connectivity index (χ0) is 14.5. The number of rotatable bonds is 6. The number of aliphatic hydroxyl groups excluding tert-OH is 1. The van der Waals surface area contributed by atoms with Crippen molar-refractivity contribution in [3.8, 4) is 0 Å². The van der Waals surface area contributed by atoms with Crippen molar-refractivity contribution in [2.75, 3.05) is 11.9 Å². The van der Waals surface area contributed by atoms with Gasteiger partial charge in [-0.25, -0.2) is 4.79 Å². The van der Waals surface area contributed by atoms with Crippen LogP contribution in [0.1, 0.15) is 45.1 Å². The number of hydrogen-bond acceptors (Lipinski definition) is 4. The van der Waals surface area contributed by atoms with Crippen molar-refractivity contribution >= 4 is 11.7 Å². The maximum atomic E-state index is 12.0. The van der Waals surface area contributed by atoms with Crippen LogP contribution in [0.2, 0.25) is 0 Å². The van der Waals surface area contributed by atoms with Crippen molar-refractivity contribution in [1.29, 1.82) is 0 Å². The van der Waals surface area contributed by atoms with E-state index in [2.05, 4.69) is 15.8 Å². The van der Waals surface area contributed by atoms with Crippen molar-refractivity contribution in [3.63, 3.8) is 0 Å². The molecule has 6 heteroatoms. The highest BCUT2D eigenvalue weighted by Gasteiger charge is 2.24. The van der Waals surface area contributed by atoms with E-state index in [1.165, 1.54) is 0 Å². The molecule has 3 N–H and O–H groups in total. The minimum Gasteiger partial charge on any atom is -0.396 e. The smallest absolute Gasteiger partial charge is 0.319 e. The number of nitrogens with zero attached hydrogens (tertiary/aromatic N) is 1. The molecular formula is C13H23N3O3. The van der Waals surface area contributed by atoms with Crippen LogP contribution >= 0.6 is 0 Å². The van der Waals surface area contributed by atoms with Crippen LogP contribution in [0.25, 0.3) is 0 Å². The maximum absolute atomic E-state index is 12.0. The number of carbonyl (C=O) groups excluding carboxylic acids is 1. The van der Waals surface area contributed by atoms with Crippen LogP contribution in [-0.2, 0) is 6.42 Å². The van der Waals surface area contributed by atoms with E-state index < -0.39 is 5.54 Å². The first-order valence-corrected chi connectivity index (χ1v) is 6.61. The summed E-state index contributed by atoms with van der Waals surface area (Å²) in [5, 5.41) is 18.5. The molecule has 1 heterocycles. The number of aliphatic hydroxyl groups is 1. The van der Waals surface area contributed by atoms with E-state index >= 15 is 0 Å². The van der Waals surface area contributed by atoms with Crippen LogP contribution in [0.3, 0.4) is 0 Å². The number of urea groups is 1. The summed E-state index contributed by atoms with van der Waals surface area (Å²) in [6, 6.07) is -0.307. The molecule has 0 saturated carbocycles. The van der Waals surface area contributed by atoms with Crippen LogP contribution in [0.15, 0.2) is 4.52 Å². The lowest BCUT2D eigenvalue weighted by Crippen LogP contribution is -2.48. The van der Waals surface area contributed by atoms with Crippen LogP contribution in [0, 0.1) is 6.92 Å². The molecule has 1 aromatic heterocycles. The second-order valence-electron chi connectivity index (χ2n) is 4.89. The van der Waals surface area contributed by atoms with E-state index in [1.807, 2.05) is 20.8 Å². The molecule has 0 radical (unpaired) electrons. The molecule has 1 atom stereocenters. The summed E-state index contributed by atoms with van der Waals surface area (Å²) in [7, 11) is 0. The number of amides is 2. The van der Waals surface area contributed by atoms with Crippen molar-refractivity contribution in [2.24, 2.45) is 0 Å². The Labute approximate surface area is 113 Å². The highest BCUT2D eigenvalue weighted by molar-refractivity contribution is 5.90. The van der Waals surface area contributed by atoms with Gasteiger partial charge >= 0.3 is 6.03 Å². The van der Waals surface area contributed by atoms with Gasteiger partial charge in [-0.15, -0.1) is 0 Å². The van der Waals surface area contributed by atoms with Gasteiger partial charge in [-0.05, 0) is 26.7 Å². The van der Waals surface area contributed by atoms with Gasteiger partial charge in [0.2, 0.25) is 0 Å². The van der Waals surface area contributed by atoms with Gasteiger partial charge < -0.3 is 20.3 Å². The first-order valence-electron chi connectivity index (χ1n) is 6.61. The van der Waals surface area contributed by atoms with Gasteiger partial charge in [0.15, 0.2) is 5.76 Å². The molecular weight excluding hydrogens is 246 g/mol. The fraction of sp³-hybridized carbons (Fsp3) is 0.692. The number of anilines is 1. The van der Waals surface area contributed by atoms with Crippen LogP contribution in [0.5, 0.6) is 0 Å². The maximum Gasteiger partial charge on any atom is 0.319 e. The number of hydrogen-bond donors (Lipinski definition) is 3. The molecule has 0 aromatic carbocycles. The third kappa shape index (κ3) is 3.96. The summed E-state index contributed by atoms with van der Waals surface area (Å²) in [6.45, 7) is 7.63. The lowest BCUT2D eigenvalue weighted by atomic mass is 9.95. The van der Waals surface area contributed by atoms with Gasteiger partial charge in [0.1, 0.15) is 11.4 Å². The summed E-state index contributed by atoms with van der Waals surface area (Å²) in [4.78, 5) is 12.0. The molecule has 108 valence electrons. The van der Waals surface area contributed by atoms with E-state index in [4.69, 9.17) is 9.63 Å². The first-order chi connectivity index (χ1) is 8.95. The van der Waals surface area contributed by atoms with Crippen LogP contribution < -0.4 is 10.6 Å².